The van der Waals surface area contributed by atoms with Crippen molar-refractivity contribution in [3.05, 3.63) is 0 Å². The molecule has 0 saturated carbocycles. The van der Waals surface area contributed by atoms with Gasteiger partial charge in [-0.25, -0.2) is 0 Å². The molecular formula is C9H13F3N2O. The third-order valence-electron chi connectivity index (χ3n) is 2.30. The van der Waals surface area contributed by atoms with Gasteiger partial charge in [0.2, 0.25) is 0 Å². The molecule has 1 rings (SSSR count). The Labute approximate surface area is 86.2 Å². The van der Waals surface area contributed by atoms with E-state index in [0.717, 1.165) is 12.8 Å². The van der Waals surface area contributed by atoms with E-state index >= 15 is 0 Å². The minimum absolute atomic E-state index is 0.00224. The molecular weight excluding hydrogens is 209 g/mol. The summed E-state index contributed by atoms with van der Waals surface area (Å²) >= 11 is 0. The largest absolute Gasteiger partial charge is 0.405 e. The SMILES string of the molecule is N#CC(CNCC1CCCO1)C(F)(F)F. The molecule has 1 aliphatic heterocycles. The van der Waals surface area contributed by atoms with Gasteiger partial charge >= 0.3 is 6.18 Å². The lowest BCUT2D eigenvalue weighted by Crippen LogP contribution is -2.36. The Morgan fingerprint density at radius 2 is 2.27 bits per heavy atom. The second-order valence-corrected chi connectivity index (χ2v) is 3.52. The van der Waals surface area contributed by atoms with Gasteiger partial charge in [-0.3, -0.25) is 0 Å². The van der Waals surface area contributed by atoms with Gasteiger partial charge in [-0.1, -0.05) is 0 Å². The molecule has 2 atom stereocenters. The number of hydrogen-bond acceptors (Lipinski definition) is 3. The summed E-state index contributed by atoms with van der Waals surface area (Å²) < 4.78 is 41.6. The van der Waals surface area contributed by atoms with Crippen LogP contribution in [-0.2, 0) is 4.74 Å². The summed E-state index contributed by atoms with van der Waals surface area (Å²) in [6.07, 6.45) is -2.63. The van der Waals surface area contributed by atoms with Gasteiger partial charge in [0.15, 0.2) is 5.92 Å². The van der Waals surface area contributed by atoms with Gasteiger partial charge < -0.3 is 10.1 Å². The predicted octanol–water partition coefficient (Wildman–Crippen LogP) is 1.46. The summed E-state index contributed by atoms with van der Waals surface area (Å²) in [7, 11) is 0. The second-order valence-electron chi connectivity index (χ2n) is 3.52. The molecule has 86 valence electrons. The fourth-order valence-electron chi connectivity index (χ4n) is 1.43. The number of rotatable bonds is 4. The molecule has 1 saturated heterocycles. The lowest BCUT2D eigenvalue weighted by atomic mass is 10.1. The molecule has 0 bridgehead atoms. The Morgan fingerprint density at radius 3 is 2.73 bits per heavy atom. The topological polar surface area (TPSA) is 45.0 Å². The molecule has 1 fully saturated rings. The van der Waals surface area contributed by atoms with E-state index in [1.165, 1.54) is 6.07 Å². The number of alkyl halides is 3. The fraction of sp³-hybridized carbons (Fsp3) is 0.889. The summed E-state index contributed by atoms with van der Waals surface area (Å²) in [6.45, 7) is 0.696. The highest BCUT2D eigenvalue weighted by atomic mass is 19.4. The third-order valence-corrected chi connectivity index (χ3v) is 2.30. The van der Waals surface area contributed by atoms with Crippen molar-refractivity contribution in [2.24, 2.45) is 5.92 Å². The zero-order valence-corrected chi connectivity index (χ0v) is 8.18. The lowest BCUT2D eigenvalue weighted by Gasteiger charge is -2.15. The zero-order chi connectivity index (χ0) is 11.3. The molecule has 0 radical (unpaired) electrons. The summed E-state index contributed by atoms with van der Waals surface area (Å²) in [5.74, 6) is -1.93. The minimum Gasteiger partial charge on any atom is -0.377 e. The standard InChI is InChI=1S/C9H13F3N2O/c10-9(11,12)7(4-13)5-14-6-8-2-1-3-15-8/h7-8,14H,1-3,5-6H2. The monoisotopic (exact) mass is 222 g/mol. The number of nitriles is 1. The number of halogens is 3. The van der Waals surface area contributed by atoms with Crippen LogP contribution in [0.3, 0.4) is 0 Å². The highest BCUT2D eigenvalue weighted by Gasteiger charge is 2.39. The van der Waals surface area contributed by atoms with Crippen LogP contribution in [0.1, 0.15) is 12.8 Å². The van der Waals surface area contributed by atoms with Crippen molar-refractivity contribution in [3.63, 3.8) is 0 Å². The quantitative estimate of drug-likeness (QED) is 0.783. The van der Waals surface area contributed by atoms with E-state index < -0.39 is 12.1 Å². The Morgan fingerprint density at radius 1 is 1.53 bits per heavy atom. The smallest absolute Gasteiger partial charge is 0.377 e. The fourth-order valence-corrected chi connectivity index (χ4v) is 1.43. The maximum Gasteiger partial charge on any atom is 0.405 e. The molecule has 0 amide bonds. The number of nitrogens with zero attached hydrogens (tertiary/aromatic N) is 1. The second kappa shape index (κ2) is 5.33. The van der Waals surface area contributed by atoms with Crippen LogP contribution in [0, 0.1) is 17.2 Å². The molecule has 0 aromatic carbocycles. The van der Waals surface area contributed by atoms with Gasteiger partial charge in [-0.05, 0) is 12.8 Å². The molecule has 0 aliphatic carbocycles. The summed E-state index contributed by atoms with van der Waals surface area (Å²) in [5.41, 5.74) is 0. The van der Waals surface area contributed by atoms with Crippen LogP contribution in [0.4, 0.5) is 13.2 Å². The highest BCUT2D eigenvalue weighted by molar-refractivity contribution is 4.90. The van der Waals surface area contributed by atoms with Crippen molar-refractivity contribution >= 4 is 0 Å². The zero-order valence-electron chi connectivity index (χ0n) is 8.18. The molecule has 15 heavy (non-hydrogen) atoms. The molecule has 1 N–H and O–H groups in total. The van der Waals surface area contributed by atoms with Crippen molar-refractivity contribution < 1.29 is 17.9 Å². The van der Waals surface area contributed by atoms with Crippen LogP contribution in [0.5, 0.6) is 0 Å². The van der Waals surface area contributed by atoms with E-state index in [1.807, 2.05) is 0 Å². The first-order valence-corrected chi connectivity index (χ1v) is 4.82. The molecule has 1 heterocycles. The van der Waals surface area contributed by atoms with Crippen molar-refractivity contribution in [3.8, 4) is 6.07 Å². The van der Waals surface area contributed by atoms with E-state index in [4.69, 9.17) is 10.00 Å². The van der Waals surface area contributed by atoms with Crippen LogP contribution in [0.2, 0.25) is 0 Å². The van der Waals surface area contributed by atoms with Gasteiger partial charge in [0.1, 0.15) is 0 Å². The van der Waals surface area contributed by atoms with Crippen LogP contribution in [0.25, 0.3) is 0 Å². The number of ether oxygens (including phenoxy) is 1. The number of nitrogens with one attached hydrogen (secondary N) is 1. The first-order valence-electron chi connectivity index (χ1n) is 4.82. The maximum atomic E-state index is 12.1. The molecule has 6 heteroatoms. The predicted molar refractivity (Wildman–Crippen MR) is 47.0 cm³/mol. The van der Waals surface area contributed by atoms with E-state index in [1.54, 1.807) is 0 Å². The maximum absolute atomic E-state index is 12.1. The summed E-state index contributed by atoms with van der Waals surface area (Å²) in [6, 6.07) is 1.24. The Balaban J connectivity index is 2.20. The highest BCUT2D eigenvalue weighted by Crippen LogP contribution is 2.24. The van der Waals surface area contributed by atoms with Crippen molar-refractivity contribution in [2.45, 2.75) is 25.1 Å². The normalized spacial score (nSPS) is 23.7. The van der Waals surface area contributed by atoms with Crippen LogP contribution < -0.4 is 5.32 Å². The molecule has 0 spiro atoms. The average molecular weight is 222 g/mol. The Bertz CT molecular complexity index is 230. The van der Waals surface area contributed by atoms with Gasteiger partial charge in [0.05, 0.1) is 12.2 Å². The van der Waals surface area contributed by atoms with Crippen LogP contribution in [0.15, 0.2) is 0 Å². The molecule has 1 aliphatic rings. The average Bonchev–Trinajstić information content (AvgIpc) is 2.62. The van der Waals surface area contributed by atoms with E-state index in [2.05, 4.69) is 5.32 Å². The van der Waals surface area contributed by atoms with E-state index in [-0.39, 0.29) is 12.6 Å². The lowest BCUT2D eigenvalue weighted by molar-refractivity contribution is -0.157. The van der Waals surface area contributed by atoms with Crippen LogP contribution >= 0.6 is 0 Å². The molecule has 0 aromatic heterocycles. The van der Waals surface area contributed by atoms with Crippen molar-refractivity contribution in [1.29, 1.82) is 5.26 Å². The van der Waals surface area contributed by atoms with Gasteiger partial charge in [-0.2, -0.15) is 18.4 Å². The first kappa shape index (κ1) is 12.3. The van der Waals surface area contributed by atoms with Gasteiger partial charge in [0.25, 0.3) is 0 Å². The first-order chi connectivity index (χ1) is 7.04. The summed E-state index contributed by atoms with van der Waals surface area (Å²) in [4.78, 5) is 0. The number of hydrogen-bond donors (Lipinski definition) is 1. The minimum atomic E-state index is -4.45. The molecule has 2 unspecified atom stereocenters. The van der Waals surface area contributed by atoms with Gasteiger partial charge in [0, 0.05) is 19.7 Å². The Kier molecular flexibility index (Phi) is 4.36. The van der Waals surface area contributed by atoms with E-state index in [0.29, 0.717) is 13.2 Å². The Hall–Kier alpha value is -0.800. The van der Waals surface area contributed by atoms with Crippen molar-refractivity contribution in [1.82, 2.24) is 5.32 Å². The van der Waals surface area contributed by atoms with Crippen molar-refractivity contribution in [2.75, 3.05) is 19.7 Å². The third kappa shape index (κ3) is 4.06. The molecule has 3 nitrogen and oxygen atoms in total. The van der Waals surface area contributed by atoms with Gasteiger partial charge in [-0.15, -0.1) is 0 Å². The molecule has 0 aromatic rings. The summed E-state index contributed by atoms with van der Waals surface area (Å²) in [5, 5.41) is 10.9. The van der Waals surface area contributed by atoms with Crippen LogP contribution in [-0.4, -0.2) is 32.0 Å². The van der Waals surface area contributed by atoms with E-state index in [9.17, 15) is 13.2 Å².